The van der Waals surface area contributed by atoms with E-state index >= 15 is 0 Å². The molecule has 0 aliphatic heterocycles. The lowest BCUT2D eigenvalue weighted by atomic mass is 9.82. The zero-order valence-corrected chi connectivity index (χ0v) is 13.4. The van der Waals surface area contributed by atoms with Crippen LogP contribution in [-0.2, 0) is 12.0 Å². The summed E-state index contributed by atoms with van der Waals surface area (Å²) in [6.45, 7) is 9.34. The average molecular weight is 283 g/mol. The first-order valence-electron chi connectivity index (χ1n) is 7.54. The van der Waals surface area contributed by atoms with Crippen molar-refractivity contribution in [3.05, 3.63) is 59.2 Å². The minimum Gasteiger partial charge on any atom is -0.457 e. The van der Waals surface area contributed by atoms with Crippen molar-refractivity contribution >= 4 is 0 Å². The summed E-state index contributed by atoms with van der Waals surface area (Å²) in [6.07, 6.45) is 1.12. The molecule has 0 aliphatic carbocycles. The van der Waals surface area contributed by atoms with Crippen molar-refractivity contribution in [1.29, 1.82) is 0 Å². The molecule has 0 aromatic heterocycles. The van der Waals surface area contributed by atoms with E-state index < -0.39 is 0 Å². The summed E-state index contributed by atoms with van der Waals surface area (Å²) in [5.74, 6) is 1.75. The van der Waals surface area contributed by atoms with Crippen molar-refractivity contribution in [3.63, 3.8) is 0 Å². The lowest BCUT2D eigenvalue weighted by Crippen LogP contribution is -2.14. The highest BCUT2D eigenvalue weighted by Crippen LogP contribution is 2.30. The molecule has 0 atom stereocenters. The molecule has 0 unspecified atom stereocenters. The fourth-order valence-corrected chi connectivity index (χ4v) is 2.26. The van der Waals surface area contributed by atoms with Crippen molar-refractivity contribution in [1.82, 2.24) is 0 Å². The average Bonchev–Trinajstić information content (AvgIpc) is 2.50. The monoisotopic (exact) mass is 283 g/mol. The maximum Gasteiger partial charge on any atom is 0.130 e. The quantitative estimate of drug-likeness (QED) is 0.844. The molecule has 0 aliphatic rings. The van der Waals surface area contributed by atoms with Gasteiger partial charge < -0.3 is 10.5 Å². The van der Waals surface area contributed by atoms with Gasteiger partial charge in [-0.1, -0.05) is 45.0 Å². The first kappa shape index (κ1) is 15.6. The van der Waals surface area contributed by atoms with Crippen molar-refractivity contribution in [2.45, 2.75) is 46.1 Å². The molecule has 0 amide bonds. The molecule has 0 radical (unpaired) electrons. The predicted octanol–water partition coefficient (Wildman–Crippen LogP) is 4.93. The van der Waals surface area contributed by atoms with Crippen LogP contribution in [0.3, 0.4) is 0 Å². The summed E-state index contributed by atoms with van der Waals surface area (Å²) in [5, 5.41) is 0. The minimum atomic E-state index is 0.206. The van der Waals surface area contributed by atoms with E-state index in [1.54, 1.807) is 0 Å². The van der Waals surface area contributed by atoms with E-state index in [2.05, 4.69) is 39.0 Å². The van der Waals surface area contributed by atoms with E-state index in [0.29, 0.717) is 6.54 Å². The largest absolute Gasteiger partial charge is 0.457 e. The second-order valence-electron chi connectivity index (χ2n) is 6.17. The molecule has 21 heavy (non-hydrogen) atoms. The number of hydrogen-bond donors (Lipinski definition) is 1. The van der Waals surface area contributed by atoms with Gasteiger partial charge in [0.15, 0.2) is 0 Å². The zero-order valence-electron chi connectivity index (χ0n) is 13.4. The van der Waals surface area contributed by atoms with Gasteiger partial charge in [-0.25, -0.2) is 0 Å². The lowest BCUT2D eigenvalue weighted by molar-refractivity contribution is 0.474. The van der Waals surface area contributed by atoms with Crippen LogP contribution in [0.5, 0.6) is 11.5 Å². The molecular weight excluding hydrogens is 258 g/mol. The van der Waals surface area contributed by atoms with Crippen LogP contribution in [0.15, 0.2) is 42.5 Å². The standard InChI is InChI=1S/C19H25NO/c1-5-19(3,4)16-7-9-17(10-8-16)21-18-11-6-15(13-20)12-14(18)2/h6-12H,5,13,20H2,1-4H3. The third kappa shape index (κ3) is 3.64. The maximum absolute atomic E-state index is 5.97. The van der Waals surface area contributed by atoms with Crippen molar-refractivity contribution in [3.8, 4) is 11.5 Å². The molecule has 2 rings (SSSR count). The highest BCUT2D eigenvalue weighted by Gasteiger charge is 2.17. The van der Waals surface area contributed by atoms with Crippen LogP contribution >= 0.6 is 0 Å². The summed E-state index contributed by atoms with van der Waals surface area (Å²) in [4.78, 5) is 0. The van der Waals surface area contributed by atoms with Crippen molar-refractivity contribution in [2.24, 2.45) is 5.73 Å². The number of rotatable bonds is 5. The number of aryl methyl sites for hydroxylation is 1. The van der Waals surface area contributed by atoms with E-state index in [1.165, 1.54) is 5.56 Å². The fraction of sp³-hybridized carbons (Fsp3) is 0.368. The molecule has 0 fully saturated rings. The van der Waals surface area contributed by atoms with Crippen LogP contribution < -0.4 is 10.5 Å². The van der Waals surface area contributed by atoms with Crippen LogP contribution in [0.4, 0.5) is 0 Å². The first-order valence-corrected chi connectivity index (χ1v) is 7.54. The van der Waals surface area contributed by atoms with E-state index in [4.69, 9.17) is 10.5 Å². The predicted molar refractivity (Wildman–Crippen MR) is 88.9 cm³/mol. The highest BCUT2D eigenvalue weighted by molar-refractivity contribution is 5.40. The molecule has 2 heteroatoms. The normalized spacial score (nSPS) is 11.5. The SMILES string of the molecule is CCC(C)(C)c1ccc(Oc2ccc(CN)cc2C)cc1. The lowest BCUT2D eigenvalue weighted by Gasteiger charge is -2.23. The van der Waals surface area contributed by atoms with Crippen molar-refractivity contribution in [2.75, 3.05) is 0 Å². The van der Waals surface area contributed by atoms with E-state index in [9.17, 15) is 0 Å². The Morgan fingerprint density at radius 1 is 1.05 bits per heavy atom. The third-order valence-electron chi connectivity index (χ3n) is 4.22. The van der Waals surface area contributed by atoms with Gasteiger partial charge in [-0.2, -0.15) is 0 Å². The Kier molecular flexibility index (Phi) is 4.69. The molecule has 0 spiro atoms. The van der Waals surface area contributed by atoms with Gasteiger partial charge in [-0.3, -0.25) is 0 Å². The molecule has 2 nitrogen and oxygen atoms in total. The maximum atomic E-state index is 5.97. The zero-order chi connectivity index (χ0) is 15.5. The Bertz CT molecular complexity index is 599. The van der Waals surface area contributed by atoms with Gasteiger partial charge in [0.2, 0.25) is 0 Å². The Balaban J connectivity index is 2.17. The van der Waals surface area contributed by atoms with Gasteiger partial charge in [0, 0.05) is 6.54 Å². The third-order valence-corrected chi connectivity index (χ3v) is 4.22. The first-order chi connectivity index (χ1) is 9.96. The summed E-state index contributed by atoms with van der Waals surface area (Å²) < 4.78 is 5.97. The van der Waals surface area contributed by atoms with Gasteiger partial charge in [0.25, 0.3) is 0 Å². The number of hydrogen-bond acceptors (Lipinski definition) is 2. The molecule has 0 saturated heterocycles. The van der Waals surface area contributed by atoms with E-state index in [-0.39, 0.29) is 5.41 Å². The Morgan fingerprint density at radius 2 is 1.71 bits per heavy atom. The number of nitrogens with two attached hydrogens (primary N) is 1. The van der Waals surface area contributed by atoms with Gasteiger partial charge in [-0.05, 0) is 53.6 Å². The highest BCUT2D eigenvalue weighted by atomic mass is 16.5. The summed E-state index contributed by atoms with van der Waals surface area (Å²) in [5.41, 5.74) is 9.43. The Hall–Kier alpha value is -1.80. The molecule has 0 saturated carbocycles. The molecule has 0 heterocycles. The summed E-state index contributed by atoms with van der Waals surface area (Å²) in [7, 11) is 0. The van der Waals surface area contributed by atoms with Gasteiger partial charge >= 0.3 is 0 Å². The molecule has 2 aromatic carbocycles. The van der Waals surface area contributed by atoms with E-state index in [1.807, 2.05) is 31.2 Å². The topological polar surface area (TPSA) is 35.2 Å². The minimum absolute atomic E-state index is 0.206. The van der Waals surface area contributed by atoms with Crippen LogP contribution in [0.1, 0.15) is 43.9 Å². The van der Waals surface area contributed by atoms with Crippen LogP contribution in [0.25, 0.3) is 0 Å². The molecule has 0 bridgehead atoms. The second-order valence-corrected chi connectivity index (χ2v) is 6.17. The summed E-state index contributed by atoms with van der Waals surface area (Å²) in [6, 6.07) is 14.5. The summed E-state index contributed by atoms with van der Waals surface area (Å²) >= 11 is 0. The smallest absolute Gasteiger partial charge is 0.130 e. The molecule has 2 N–H and O–H groups in total. The number of benzene rings is 2. The van der Waals surface area contributed by atoms with Crippen LogP contribution in [-0.4, -0.2) is 0 Å². The van der Waals surface area contributed by atoms with Crippen LogP contribution in [0.2, 0.25) is 0 Å². The molecular formula is C19H25NO. The number of ether oxygens (including phenoxy) is 1. The second kappa shape index (κ2) is 6.31. The van der Waals surface area contributed by atoms with Gasteiger partial charge in [-0.15, -0.1) is 0 Å². The molecule has 2 aromatic rings. The fourth-order valence-electron chi connectivity index (χ4n) is 2.26. The van der Waals surface area contributed by atoms with Crippen molar-refractivity contribution < 1.29 is 4.74 Å². The molecule has 112 valence electrons. The Labute approximate surface area is 127 Å². The van der Waals surface area contributed by atoms with Gasteiger partial charge in [0.05, 0.1) is 0 Å². The van der Waals surface area contributed by atoms with Crippen LogP contribution in [0, 0.1) is 6.92 Å². The Morgan fingerprint density at radius 3 is 2.24 bits per heavy atom. The van der Waals surface area contributed by atoms with Gasteiger partial charge in [0.1, 0.15) is 11.5 Å². The van der Waals surface area contributed by atoms with E-state index in [0.717, 1.165) is 29.0 Å².